The predicted octanol–water partition coefficient (Wildman–Crippen LogP) is 3.51. The smallest absolute Gasteiger partial charge is 0.231 e. The number of amides is 1. The lowest BCUT2D eigenvalue weighted by Crippen LogP contribution is -2.39. The maximum absolute atomic E-state index is 12.6. The highest BCUT2D eigenvalue weighted by Crippen LogP contribution is 2.33. The molecule has 2 aromatic carbocycles. The van der Waals surface area contributed by atoms with Crippen LogP contribution in [0.15, 0.2) is 42.5 Å². The number of halogens is 1. The van der Waals surface area contributed by atoms with Gasteiger partial charge >= 0.3 is 0 Å². The zero-order chi connectivity index (χ0) is 16.4. The van der Waals surface area contributed by atoms with E-state index in [1.807, 2.05) is 12.1 Å². The summed E-state index contributed by atoms with van der Waals surface area (Å²) in [7, 11) is 0. The molecule has 1 aliphatic heterocycles. The molecule has 3 rings (SSSR count). The van der Waals surface area contributed by atoms with E-state index < -0.39 is 0 Å². The number of benzene rings is 2. The van der Waals surface area contributed by atoms with Crippen LogP contribution in [0.5, 0.6) is 5.75 Å². The van der Waals surface area contributed by atoms with Crippen LogP contribution in [0.2, 0.25) is 5.02 Å². The number of hydrogen-bond acceptors (Lipinski definition) is 3. The molecule has 118 valence electrons. The number of hydrogen-bond donors (Lipinski definition) is 0. The second-order valence-corrected chi connectivity index (χ2v) is 5.87. The highest BCUT2D eigenvalue weighted by Gasteiger charge is 2.24. The summed E-state index contributed by atoms with van der Waals surface area (Å²) in [6.45, 7) is 2.42. The summed E-state index contributed by atoms with van der Waals surface area (Å²) < 4.78 is 5.58. The number of anilines is 1. The number of carbonyl (C=O) groups excluding carboxylic acids is 2. The molecular weight excluding hydrogens is 314 g/mol. The van der Waals surface area contributed by atoms with Crippen LogP contribution in [-0.4, -0.2) is 24.8 Å². The number of nitrogens with zero attached hydrogens (tertiary/aromatic N) is 1. The molecular formula is C18H16ClNO3. The first kappa shape index (κ1) is 15.6. The minimum absolute atomic E-state index is 0.0300. The van der Waals surface area contributed by atoms with Gasteiger partial charge in [0.2, 0.25) is 5.91 Å². The molecule has 4 nitrogen and oxygen atoms in total. The van der Waals surface area contributed by atoms with Gasteiger partial charge in [-0.2, -0.15) is 0 Å². The molecule has 23 heavy (non-hydrogen) atoms. The van der Waals surface area contributed by atoms with Gasteiger partial charge in [-0.1, -0.05) is 23.7 Å². The van der Waals surface area contributed by atoms with Gasteiger partial charge in [0.05, 0.1) is 18.7 Å². The monoisotopic (exact) mass is 329 g/mol. The minimum Gasteiger partial charge on any atom is -0.490 e. The summed E-state index contributed by atoms with van der Waals surface area (Å²) in [6.07, 6.45) is 0.279. The van der Waals surface area contributed by atoms with Gasteiger partial charge in [0.25, 0.3) is 0 Å². The Morgan fingerprint density at radius 2 is 1.91 bits per heavy atom. The van der Waals surface area contributed by atoms with Crippen LogP contribution >= 0.6 is 11.6 Å². The van der Waals surface area contributed by atoms with Crippen LogP contribution in [0.3, 0.4) is 0 Å². The van der Waals surface area contributed by atoms with Crippen LogP contribution < -0.4 is 9.64 Å². The molecule has 0 unspecified atom stereocenters. The average Bonchev–Trinajstić information content (AvgIpc) is 2.55. The quantitative estimate of drug-likeness (QED) is 0.809. The lowest BCUT2D eigenvalue weighted by Gasteiger charge is -2.30. The van der Waals surface area contributed by atoms with E-state index in [-0.39, 0.29) is 18.1 Å². The first-order valence-corrected chi connectivity index (χ1v) is 7.75. The van der Waals surface area contributed by atoms with Gasteiger partial charge < -0.3 is 9.64 Å². The molecule has 0 N–H and O–H groups in total. The molecule has 0 radical (unpaired) electrons. The second kappa shape index (κ2) is 6.42. The molecule has 0 atom stereocenters. The van der Waals surface area contributed by atoms with Gasteiger partial charge in [0.1, 0.15) is 12.4 Å². The number of carbonyl (C=O) groups is 2. The third-order valence-corrected chi connectivity index (χ3v) is 4.05. The van der Waals surface area contributed by atoms with Gasteiger partial charge in [-0.25, -0.2) is 0 Å². The van der Waals surface area contributed by atoms with Gasteiger partial charge in [-0.3, -0.25) is 9.59 Å². The summed E-state index contributed by atoms with van der Waals surface area (Å²) >= 11 is 5.87. The van der Waals surface area contributed by atoms with E-state index in [4.69, 9.17) is 16.3 Å². The number of ether oxygens (including phenoxy) is 1. The number of fused-ring (bicyclic) bond motifs is 1. The fourth-order valence-corrected chi connectivity index (χ4v) is 2.69. The Bertz CT molecular complexity index is 755. The van der Waals surface area contributed by atoms with Gasteiger partial charge in [-0.05, 0) is 42.8 Å². The number of rotatable bonds is 3. The van der Waals surface area contributed by atoms with E-state index in [1.54, 1.807) is 35.2 Å². The number of ketones is 1. The van der Waals surface area contributed by atoms with Crippen LogP contribution in [0.1, 0.15) is 22.8 Å². The van der Waals surface area contributed by atoms with Crippen LogP contribution in [0.25, 0.3) is 0 Å². The SMILES string of the molecule is CC(=O)c1ccc2c(c1)N(C(=O)Cc1ccc(Cl)cc1)CCO2. The zero-order valence-electron chi connectivity index (χ0n) is 12.7. The van der Waals surface area contributed by atoms with Gasteiger partial charge in [0, 0.05) is 10.6 Å². The number of Topliss-reactive ketones (excluding diaryl/α,β-unsaturated/α-hetero) is 1. The summed E-state index contributed by atoms with van der Waals surface area (Å²) in [5.74, 6) is 0.562. The molecule has 0 saturated heterocycles. The summed E-state index contributed by atoms with van der Waals surface area (Å²) in [5.41, 5.74) is 2.12. The maximum atomic E-state index is 12.6. The van der Waals surface area contributed by atoms with Crippen molar-refractivity contribution in [3.05, 3.63) is 58.6 Å². The van der Waals surface area contributed by atoms with Gasteiger partial charge in [0.15, 0.2) is 5.78 Å². The topological polar surface area (TPSA) is 46.6 Å². The Morgan fingerprint density at radius 3 is 2.61 bits per heavy atom. The van der Waals surface area contributed by atoms with Crippen molar-refractivity contribution in [2.24, 2.45) is 0 Å². The fraction of sp³-hybridized carbons (Fsp3) is 0.222. The summed E-state index contributed by atoms with van der Waals surface area (Å²) in [4.78, 5) is 25.9. The Kier molecular flexibility index (Phi) is 4.35. The zero-order valence-corrected chi connectivity index (χ0v) is 13.5. The van der Waals surface area contributed by atoms with E-state index >= 15 is 0 Å². The van der Waals surface area contributed by atoms with Crippen LogP contribution in [0, 0.1) is 0 Å². The molecule has 1 aliphatic rings. The molecule has 1 amide bonds. The van der Waals surface area contributed by atoms with E-state index in [1.165, 1.54) is 6.92 Å². The lowest BCUT2D eigenvalue weighted by atomic mass is 10.1. The first-order chi connectivity index (χ1) is 11.0. The third kappa shape index (κ3) is 3.37. The molecule has 1 heterocycles. The summed E-state index contributed by atoms with van der Waals surface area (Å²) in [6, 6.07) is 12.4. The van der Waals surface area contributed by atoms with E-state index in [9.17, 15) is 9.59 Å². The molecule has 0 saturated carbocycles. The third-order valence-electron chi connectivity index (χ3n) is 3.80. The molecule has 0 aliphatic carbocycles. The highest BCUT2D eigenvalue weighted by atomic mass is 35.5. The predicted molar refractivity (Wildman–Crippen MR) is 89.5 cm³/mol. The molecule has 0 fully saturated rings. The van der Waals surface area contributed by atoms with Crippen molar-refractivity contribution in [3.8, 4) is 5.75 Å². The molecule has 5 heteroatoms. The van der Waals surface area contributed by atoms with Crippen LogP contribution in [-0.2, 0) is 11.2 Å². The summed E-state index contributed by atoms with van der Waals surface area (Å²) in [5, 5.41) is 0.643. The first-order valence-electron chi connectivity index (χ1n) is 7.37. The Labute approximate surface area is 139 Å². The Hall–Kier alpha value is -2.33. The van der Waals surface area contributed by atoms with Crippen molar-refractivity contribution in [2.45, 2.75) is 13.3 Å². The van der Waals surface area contributed by atoms with Crippen molar-refractivity contribution in [3.63, 3.8) is 0 Å². The van der Waals surface area contributed by atoms with Crippen molar-refractivity contribution in [1.29, 1.82) is 0 Å². The standard InChI is InChI=1S/C18H16ClNO3/c1-12(21)14-4-7-17-16(11-14)20(8-9-23-17)18(22)10-13-2-5-15(19)6-3-13/h2-7,11H,8-10H2,1H3. The van der Waals surface area contributed by atoms with E-state index in [0.29, 0.717) is 35.2 Å². The van der Waals surface area contributed by atoms with Crippen molar-refractivity contribution in [1.82, 2.24) is 0 Å². The Morgan fingerprint density at radius 1 is 1.17 bits per heavy atom. The van der Waals surface area contributed by atoms with Crippen molar-refractivity contribution < 1.29 is 14.3 Å². The maximum Gasteiger partial charge on any atom is 0.231 e. The second-order valence-electron chi connectivity index (χ2n) is 5.44. The Balaban J connectivity index is 1.86. The average molecular weight is 330 g/mol. The normalized spacial score (nSPS) is 13.2. The fourth-order valence-electron chi connectivity index (χ4n) is 2.57. The van der Waals surface area contributed by atoms with Crippen LogP contribution in [0.4, 0.5) is 5.69 Å². The highest BCUT2D eigenvalue weighted by molar-refractivity contribution is 6.30. The van der Waals surface area contributed by atoms with E-state index in [2.05, 4.69) is 0 Å². The lowest BCUT2D eigenvalue weighted by molar-refractivity contribution is -0.118. The minimum atomic E-state index is -0.0385. The molecule has 2 aromatic rings. The molecule has 0 aromatic heterocycles. The van der Waals surface area contributed by atoms with E-state index in [0.717, 1.165) is 5.56 Å². The van der Waals surface area contributed by atoms with Crippen molar-refractivity contribution >= 4 is 29.0 Å². The van der Waals surface area contributed by atoms with Crippen molar-refractivity contribution in [2.75, 3.05) is 18.1 Å². The molecule has 0 spiro atoms. The largest absolute Gasteiger partial charge is 0.490 e. The molecule has 0 bridgehead atoms. The van der Waals surface area contributed by atoms with Gasteiger partial charge in [-0.15, -0.1) is 0 Å².